The van der Waals surface area contributed by atoms with Gasteiger partial charge in [0.05, 0.1) is 7.11 Å². The molecule has 1 aromatic carbocycles. The summed E-state index contributed by atoms with van der Waals surface area (Å²) in [6.07, 6.45) is 1.32. The van der Waals surface area contributed by atoms with Crippen LogP contribution in [0.4, 0.5) is 0 Å². The van der Waals surface area contributed by atoms with Gasteiger partial charge in [-0.3, -0.25) is 0 Å². The van der Waals surface area contributed by atoms with Crippen molar-refractivity contribution in [1.29, 1.82) is 5.41 Å². The van der Waals surface area contributed by atoms with Gasteiger partial charge < -0.3 is 10.1 Å². The number of benzene rings is 1. The second-order valence-corrected chi connectivity index (χ2v) is 2.85. The standard InChI is InChI=1S/C10H13NO/c1-7-4-8(2)10(12-3)9(5-7)6-11/h4-6,11H,1-3H3. The lowest BCUT2D eigenvalue weighted by Crippen LogP contribution is -1.94. The third kappa shape index (κ3) is 1.47. The van der Waals surface area contributed by atoms with Gasteiger partial charge in [-0.2, -0.15) is 0 Å². The summed E-state index contributed by atoms with van der Waals surface area (Å²) < 4.78 is 5.17. The van der Waals surface area contributed by atoms with Gasteiger partial charge >= 0.3 is 0 Å². The molecule has 0 radical (unpaired) electrons. The Bertz CT molecular complexity index is 305. The van der Waals surface area contributed by atoms with Gasteiger partial charge in [0.15, 0.2) is 0 Å². The zero-order valence-electron chi connectivity index (χ0n) is 7.64. The number of rotatable bonds is 2. The van der Waals surface area contributed by atoms with E-state index in [1.165, 1.54) is 6.21 Å². The Balaban J connectivity index is 3.33. The fourth-order valence-corrected chi connectivity index (χ4v) is 1.37. The van der Waals surface area contributed by atoms with Crippen molar-refractivity contribution in [2.75, 3.05) is 7.11 Å². The van der Waals surface area contributed by atoms with E-state index in [0.29, 0.717) is 0 Å². The van der Waals surface area contributed by atoms with Gasteiger partial charge in [-0.1, -0.05) is 6.07 Å². The maximum absolute atomic E-state index is 7.18. The number of hydrogen-bond acceptors (Lipinski definition) is 2. The maximum Gasteiger partial charge on any atom is 0.130 e. The molecule has 0 amide bonds. The molecule has 0 spiro atoms. The predicted octanol–water partition coefficient (Wildman–Crippen LogP) is 2.31. The number of hydrogen-bond donors (Lipinski definition) is 1. The lowest BCUT2D eigenvalue weighted by Gasteiger charge is -2.08. The Morgan fingerprint density at radius 1 is 1.33 bits per heavy atom. The normalized spacial score (nSPS) is 9.58. The second kappa shape index (κ2) is 3.39. The highest BCUT2D eigenvalue weighted by atomic mass is 16.5. The van der Waals surface area contributed by atoms with Crippen LogP contribution in [-0.4, -0.2) is 13.3 Å². The zero-order chi connectivity index (χ0) is 9.14. The molecular formula is C10H13NO. The van der Waals surface area contributed by atoms with Gasteiger partial charge in [0.2, 0.25) is 0 Å². The van der Waals surface area contributed by atoms with Crippen LogP contribution in [0.5, 0.6) is 5.75 Å². The third-order valence-electron chi connectivity index (χ3n) is 1.81. The van der Waals surface area contributed by atoms with Crippen LogP contribution in [0.1, 0.15) is 16.7 Å². The second-order valence-electron chi connectivity index (χ2n) is 2.85. The molecule has 0 saturated heterocycles. The van der Waals surface area contributed by atoms with Gasteiger partial charge in [-0.25, -0.2) is 0 Å². The van der Waals surface area contributed by atoms with E-state index in [9.17, 15) is 0 Å². The highest BCUT2D eigenvalue weighted by Gasteiger charge is 2.03. The Morgan fingerprint density at radius 3 is 2.50 bits per heavy atom. The van der Waals surface area contributed by atoms with Crippen molar-refractivity contribution in [2.24, 2.45) is 0 Å². The van der Waals surface area contributed by atoms with Crippen LogP contribution in [0, 0.1) is 19.3 Å². The highest BCUT2D eigenvalue weighted by molar-refractivity contribution is 5.82. The Kier molecular flexibility index (Phi) is 2.48. The van der Waals surface area contributed by atoms with Crippen LogP contribution in [-0.2, 0) is 0 Å². The zero-order valence-corrected chi connectivity index (χ0v) is 7.64. The minimum absolute atomic E-state index is 0.801. The minimum Gasteiger partial charge on any atom is -0.496 e. The van der Waals surface area contributed by atoms with E-state index in [-0.39, 0.29) is 0 Å². The van der Waals surface area contributed by atoms with Gasteiger partial charge in [-0.15, -0.1) is 0 Å². The number of aryl methyl sites for hydroxylation is 2. The van der Waals surface area contributed by atoms with Crippen LogP contribution < -0.4 is 4.74 Å². The molecule has 12 heavy (non-hydrogen) atoms. The molecule has 2 heteroatoms. The van der Waals surface area contributed by atoms with Gasteiger partial charge in [0, 0.05) is 11.8 Å². The topological polar surface area (TPSA) is 33.1 Å². The average molecular weight is 163 g/mol. The summed E-state index contributed by atoms with van der Waals surface area (Å²) in [7, 11) is 1.63. The Morgan fingerprint density at radius 2 is 2.00 bits per heavy atom. The van der Waals surface area contributed by atoms with Crippen LogP contribution in [0.2, 0.25) is 0 Å². The summed E-state index contributed by atoms with van der Waals surface area (Å²) in [5.41, 5.74) is 3.08. The molecule has 1 aromatic rings. The summed E-state index contributed by atoms with van der Waals surface area (Å²) in [5.74, 6) is 0.801. The van der Waals surface area contributed by atoms with Crippen molar-refractivity contribution >= 4 is 6.21 Å². The van der Waals surface area contributed by atoms with E-state index >= 15 is 0 Å². The van der Waals surface area contributed by atoms with E-state index in [0.717, 1.165) is 22.4 Å². The maximum atomic E-state index is 7.18. The molecule has 0 unspecified atom stereocenters. The quantitative estimate of drug-likeness (QED) is 0.667. The Hall–Kier alpha value is -1.31. The van der Waals surface area contributed by atoms with Crippen molar-refractivity contribution in [3.05, 3.63) is 28.8 Å². The average Bonchev–Trinajstić information content (AvgIpc) is 2.03. The van der Waals surface area contributed by atoms with Crippen molar-refractivity contribution in [3.8, 4) is 5.75 Å². The molecule has 0 aromatic heterocycles. The molecule has 1 N–H and O–H groups in total. The van der Waals surface area contributed by atoms with Gasteiger partial charge in [0.25, 0.3) is 0 Å². The van der Waals surface area contributed by atoms with Crippen LogP contribution in [0.3, 0.4) is 0 Å². The summed E-state index contributed by atoms with van der Waals surface area (Å²) in [5, 5.41) is 7.18. The molecule has 0 aliphatic carbocycles. The first-order valence-electron chi connectivity index (χ1n) is 3.84. The molecule has 0 saturated carbocycles. The van der Waals surface area contributed by atoms with Gasteiger partial charge in [-0.05, 0) is 31.0 Å². The molecular weight excluding hydrogens is 150 g/mol. The fourth-order valence-electron chi connectivity index (χ4n) is 1.37. The highest BCUT2D eigenvalue weighted by Crippen LogP contribution is 2.22. The minimum atomic E-state index is 0.801. The molecule has 0 heterocycles. The summed E-state index contributed by atoms with van der Waals surface area (Å²) in [6.45, 7) is 4.00. The van der Waals surface area contributed by atoms with Crippen molar-refractivity contribution in [2.45, 2.75) is 13.8 Å². The van der Waals surface area contributed by atoms with E-state index in [1.807, 2.05) is 26.0 Å². The largest absolute Gasteiger partial charge is 0.496 e. The Labute approximate surface area is 72.7 Å². The molecule has 2 nitrogen and oxygen atoms in total. The number of ether oxygens (including phenoxy) is 1. The molecule has 0 fully saturated rings. The SMILES string of the molecule is COc1c(C)cc(C)cc1C=N. The molecule has 1 rings (SSSR count). The number of methoxy groups -OCH3 is 1. The first-order chi connectivity index (χ1) is 5.69. The first-order valence-corrected chi connectivity index (χ1v) is 3.84. The van der Waals surface area contributed by atoms with Crippen LogP contribution in [0.25, 0.3) is 0 Å². The molecule has 0 aliphatic heterocycles. The monoisotopic (exact) mass is 163 g/mol. The van der Waals surface area contributed by atoms with E-state index in [1.54, 1.807) is 7.11 Å². The molecule has 64 valence electrons. The van der Waals surface area contributed by atoms with Crippen LogP contribution >= 0.6 is 0 Å². The fraction of sp³-hybridized carbons (Fsp3) is 0.300. The number of nitrogens with one attached hydrogen (secondary N) is 1. The molecule has 0 aliphatic rings. The third-order valence-corrected chi connectivity index (χ3v) is 1.81. The van der Waals surface area contributed by atoms with Gasteiger partial charge in [0.1, 0.15) is 5.75 Å². The van der Waals surface area contributed by atoms with E-state index < -0.39 is 0 Å². The summed E-state index contributed by atoms with van der Waals surface area (Å²) in [4.78, 5) is 0. The van der Waals surface area contributed by atoms with Crippen molar-refractivity contribution < 1.29 is 4.74 Å². The van der Waals surface area contributed by atoms with Crippen molar-refractivity contribution in [3.63, 3.8) is 0 Å². The first kappa shape index (κ1) is 8.78. The van der Waals surface area contributed by atoms with Crippen molar-refractivity contribution in [1.82, 2.24) is 0 Å². The lowest BCUT2D eigenvalue weighted by molar-refractivity contribution is 0.411. The van der Waals surface area contributed by atoms with Crippen LogP contribution in [0.15, 0.2) is 12.1 Å². The molecule has 0 atom stereocenters. The summed E-state index contributed by atoms with van der Waals surface area (Å²) in [6, 6.07) is 3.99. The molecule has 0 bridgehead atoms. The lowest BCUT2D eigenvalue weighted by atomic mass is 10.1. The van der Waals surface area contributed by atoms with E-state index in [4.69, 9.17) is 10.1 Å². The van der Waals surface area contributed by atoms with E-state index in [2.05, 4.69) is 0 Å². The summed E-state index contributed by atoms with van der Waals surface area (Å²) >= 11 is 0. The smallest absolute Gasteiger partial charge is 0.130 e. The predicted molar refractivity (Wildman–Crippen MR) is 50.4 cm³/mol.